The minimum Gasteiger partial charge on any atom is -0.456 e. The van der Waals surface area contributed by atoms with E-state index in [2.05, 4.69) is 4.98 Å². The number of likely N-dealkylation sites (N-methyl/N-ethyl adjacent to an activating group) is 1. The highest BCUT2D eigenvalue weighted by Crippen LogP contribution is 2.21. The minimum atomic E-state index is -0.506. The third-order valence-electron chi connectivity index (χ3n) is 4.27. The zero-order valence-corrected chi connectivity index (χ0v) is 16.0. The standard InChI is InChI=1S/C22H21FN2O4/c1-25(14-16-5-3-2-4-6-16)21(26)15-28-22(27)12-11-20-24-13-19(29-20)17-7-9-18(23)10-8-17/h2-10,13H,11-12,14-15H2,1H3. The van der Waals surface area contributed by atoms with Gasteiger partial charge in [-0.25, -0.2) is 9.37 Å². The molecule has 1 heterocycles. The van der Waals surface area contributed by atoms with Crippen LogP contribution in [0.15, 0.2) is 65.2 Å². The molecule has 6 nitrogen and oxygen atoms in total. The van der Waals surface area contributed by atoms with Gasteiger partial charge < -0.3 is 14.1 Å². The molecule has 2 aromatic carbocycles. The van der Waals surface area contributed by atoms with Crippen LogP contribution in [0.25, 0.3) is 11.3 Å². The van der Waals surface area contributed by atoms with Crippen LogP contribution in [-0.2, 0) is 27.3 Å². The van der Waals surface area contributed by atoms with Gasteiger partial charge in [-0.1, -0.05) is 30.3 Å². The molecular weight excluding hydrogens is 375 g/mol. The first-order valence-electron chi connectivity index (χ1n) is 9.15. The van der Waals surface area contributed by atoms with Crippen molar-refractivity contribution in [3.63, 3.8) is 0 Å². The average molecular weight is 396 g/mol. The first-order chi connectivity index (χ1) is 14.0. The zero-order valence-electron chi connectivity index (χ0n) is 16.0. The third kappa shape index (κ3) is 6.00. The molecule has 0 aliphatic rings. The van der Waals surface area contributed by atoms with Crippen LogP contribution in [0.5, 0.6) is 0 Å². The largest absolute Gasteiger partial charge is 0.456 e. The Bertz CT molecular complexity index is 954. The Labute approximate surface area is 167 Å². The molecule has 0 fully saturated rings. The molecule has 3 aromatic rings. The SMILES string of the molecule is CN(Cc1ccccc1)C(=O)COC(=O)CCc1ncc(-c2ccc(F)cc2)o1. The van der Waals surface area contributed by atoms with E-state index in [1.54, 1.807) is 19.2 Å². The number of esters is 1. The van der Waals surface area contributed by atoms with E-state index in [-0.39, 0.29) is 31.2 Å². The van der Waals surface area contributed by atoms with Crippen molar-refractivity contribution in [2.75, 3.05) is 13.7 Å². The van der Waals surface area contributed by atoms with Crippen LogP contribution in [0.1, 0.15) is 17.9 Å². The van der Waals surface area contributed by atoms with Gasteiger partial charge in [-0.3, -0.25) is 9.59 Å². The second kappa shape index (κ2) is 9.64. The van der Waals surface area contributed by atoms with E-state index < -0.39 is 5.97 Å². The van der Waals surface area contributed by atoms with Gasteiger partial charge >= 0.3 is 5.97 Å². The van der Waals surface area contributed by atoms with Crippen molar-refractivity contribution < 1.29 is 23.1 Å². The van der Waals surface area contributed by atoms with Crippen LogP contribution in [-0.4, -0.2) is 35.4 Å². The average Bonchev–Trinajstić information content (AvgIpc) is 3.20. The molecule has 0 atom stereocenters. The lowest BCUT2D eigenvalue weighted by atomic mass is 10.2. The lowest BCUT2D eigenvalue weighted by Crippen LogP contribution is -2.30. The first kappa shape index (κ1) is 20.3. The van der Waals surface area contributed by atoms with E-state index >= 15 is 0 Å². The van der Waals surface area contributed by atoms with Crippen molar-refractivity contribution >= 4 is 11.9 Å². The number of amides is 1. The monoisotopic (exact) mass is 396 g/mol. The van der Waals surface area contributed by atoms with Crippen LogP contribution < -0.4 is 0 Å². The van der Waals surface area contributed by atoms with Gasteiger partial charge in [0.05, 0.1) is 12.6 Å². The van der Waals surface area contributed by atoms with E-state index in [1.807, 2.05) is 30.3 Å². The number of oxazole rings is 1. The Kier molecular flexibility index (Phi) is 6.73. The molecule has 150 valence electrons. The molecule has 0 bridgehead atoms. The third-order valence-corrected chi connectivity index (χ3v) is 4.27. The van der Waals surface area contributed by atoms with Gasteiger partial charge in [0.15, 0.2) is 18.3 Å². The van der Waals surface area contributed by atoms with E-state index in [1.165, 1.54) is 23.2 Å². The number of aryl methyl sites for hydroxylation is 1. The van der Waals surface area contributed by atoms with Gasteiger partial charge in [-0.05, 0) is 29.8 Å². The normalized spacial score (nSPS) is 10.6. The lowest BCUT2D eigenvalue weighted by molar-refractivity contribution is -0.151. The highest BCUT2D eigenvalue weighted by Gasteiger charge is 2.14. The maximum Gasteiger partial charge on any atom is 0.306 e. The molecule has 29 heavy (non-hydrogen) atoms. The van der Waals surface area contributed by atoms with E-state index in [0.717, 1.165) is 5.56 Å². The fraction of sp³-hybridized carbons (Fsp3) is 0.227. The Balaban J connectivity index is 1.42. The molecule has 0 N–H and O–H groups in total. The summed E-state index contributed by atoms with van der Waals surface area (Å²) < 4.78 is 23.6. The van der Waals surface area contributed by atoms with Gasteiger partial charge in [-0.15, -0.1) is 0 Å². The zero-order chi connectivity index (χ0) is 20.6. The molecule has 0 unspecified atom stereocenters. The van der Waals surface area contributed by atoms with E-state index in [9.17, 15) is 14.0 Å². The van der Waals surface area contributed by atoms with Crippen molar-refractivity contribution in [3.05, 3.63) is 78.1 Å². The van der Waals surface area contributed by atoms with Crippen molar-refractivity contribution in [1.29, 1.82) is 0 Å². The molecule has 0 saturated heterocycles. The topological polar surface area (TPSA) is 72.6 Å². The number of halogens is 1. The predicted molar refractivity (Wildman–Crippen MR) is 104 cm³/mol. The number of ether oxygens (including phenoxy) is 1. The minimum absolute atomic E-state index is 0.0407. The quantitative estimate of drug-likeness (QED) is 0.544. The van der Waals surface area contributed by atoms with Crippen LogP contribution in [0.4, 0.5) is 4.39 Å². The highest BCUT2D eigenvalue weighted by molar-refractivity contribution is 5.80. The van der Waals surface area contributed by atoms with Gasteiger partial charge in [0.25, 0.3) is 5.91 Å². The van der Waals surface area contributed by atoms with Crippen LogP contribution in [0, 0.1) is 5.82 Å². The van der Waals surface area contributed by atoms with Crippen LogP contribution in [0.3, 0.4) is 0 Å². The second-order valence-electron chi connectivity index (χ2n) is 6.52. The number of hydrogen-bond donors (Lipinski definition) is 0. The molecule has 7 heteroatoms. The molecule has 0 radical (unpaired) electrons. The molecule has 0 aliphatic carbocycles. The molecule has 0 spiro atoms. The molecular formula is C22H21FN2O4. The molecule has 0 aliphatic heterocycles. The summed E-state index contributed by atoms with van der Waals surface area (Å²) in [5.74, 6) is -0.259. The van der Waals surface area contributed by atoms with E-state index in [4.69, 9.17) is 9.15 Å². The van der Waals surface area contributed by atoms with Crippen molar-refractivity contribution in [2.45, 2.75) is 19.4 Å². The summed E-state index contributed by atoms with van der Waals surface area (Å²) in [4.78, 5) is 29.6. The van der Waals surface area contributed by atoms with Crippen molar-refractivity contribution in [3.8, 4) is 11.3 Å². The number of nitrogens with zero attached hydrogens (tertiary/aromatic N) is 2. The van der Waals surface area contributed by atoms with Crippen molar-refractivity contribution in [2.24, 2.45) is 0 Å². The lowest BCUT2D eigenvalue weighted by Gasteiger charge is -2.17. The number of aromatic nitrogens is 1. The Morgan fingerprint density at radius 2 is 1.83 bits per heavy atom. The maximum atomic E-state index is 13.0. The number of carbonyl (C=O) groups is 2. The van der Waals surface area contributed by atoms with Gasteiger partial charge in [0.2, 0.25) is 0 Å². The number of rotatable bonds is 8. The van der Waals surface area contributed by atoms with Crippen LogP contribution >= 0.6 is 0 Å². The molecule has 1 amide bonds. The van der Waals surface area contributed by atoms with Gasteiger partial charge in [0.1, 0.15) is 5.82 Å². The van der Waals surface area contributed by atoms with E-state index in [0.29, 0.717) is 23.8 Å². The summed E-state index contributed by atoms with van der Waals surface area (Å²) in [7, 11) is 1.66. The van der Waals surface area contributed by atoms with Gasteiger partial charge in [-0.2, -0.15) is 0 Å². The number of benzene rings is 2. The summed E-state index contributed by atoms with van der Waals surface area (Å²) in [5, 5.41) is 0. The Morgan fingerprint density at radius 3 is 2.55 bits per heavy atom. The Morgan fingerprint density at radius 1 is 1.10 bits per heavy atom. The highest BCUT2D eigenvalue weighted by atomic mass is 19.1. The Hall–Kier alpha value is -3.48. The second-order valence-corrected chi connectivity index (χ2v) is 6.52. The van der Waals surface area contributed by atoms with Gasteiger partial charge in [0, 0.05) is 25.6 Å². The summed E-state index contributed by atoms with van der Waals surface area (Å²) in [5.41, 5.74) is 1.69. The summed E-state index contributed by atoms with van der Waals surface area (Å²) in [6, 6.07) is 15.4. The summed E-state index contributed by atoms with van der Waals surface area (Å²) in [6.07, 6.45) is 1.81. The summed E-state index contributed by atoms with van der Waals surface area (Å²) in [6.45, 7) is 0.133. The van der Waals surface area contributed by atoms with Crippen molar-refractivity contribution in [1.82, 2.24) is 9.88 Å². The number of hydrogen-bond acceptors (Lipinski definition) is 5. The predicted octanol–water partition coefficient (Wildman–Crippen LogP) is 3.62. The molecule has 3 rings (SSSR count). The fourth-order valence-electron chi connectivity index (χ4n) is 2.65. The fourth-order valence-corrected chi connectivity index (χ4v) is 2.65. The summed E-state index contributed by atoms with van der Waals surface area (Å²) >= 11 is 0. The smallest absolute Gasteiger partial charge is 0.306 e. The molecule has 0 saturated carbocycles. The number of carbonyl (C=O) groups excluding carboxylic acids is 2. The first-order valence-corrected chi connectivity index (χ1v) is 9.15. The maximum absolute atomic E-state index is 13.0. The van der Waals surface area contributed by atoms with Crippen LogP contribution in [0.2, 0.25) is 0 Å². The molecule has 1 aromatic heterocycles.